The third-order valence-corrected chi connectivity index (χ3v) is 4.95. The molecule has 146 valence electrons. The first-order chi connectivity index (χ1) is 14.1. The highest BCUT2D eigenvalue weighted by Gasteiger charge is 2.07. The van der Waals surface area contributed by atoms with Gasteiger partial charge in [0.25, 0.3) is 0 Å². The van der Waals surface area contributed by atoms with Crippen LogP contribution in [0.2, 0.25) is 5.02 Å². The molecule has 3 aromatic carbocycles. The van der Waals surface area contributed by atoms with Crippen molar-refractivity contribution in [1.29, 1.82) is 0 Å². The van der Waals surface area contributed by atoms with Crippen LogP contribution >= 0.6 is 23.4 Å². The first kappa shape index (κ1) is 20.6. The number of amides is 1. The minimum Gasteiger partial charge on any atom is -0.423 e. The third-order valence-electron chi connectivity index (χ3n) is 3.69. The van der Waals surface area contributed by atoms with Gasteiger partial charge in [0.05, 0.1) is 17.5 Å². The van der Waals surface area contributed by atoms with Gasteiger partial charge in [-0.25, -0.2) is 10.2 Å². The summed E-state index contributed by atoms with van der Waals surface area (Å²) in [5.74, 6) is 0.0411. The quantitative estimate of drug-likeness (QED) is 0.194. The van der Waals surface area contributed by atoms with Gasteiger partial charge in [-0.2, -0.15) is 5.10 Å². The molecule has 5 nitrogen and oxygen atoms in total. The number of carbonyl (C=O) groups is 2. The number of hydrogen-bond acceptors (Lipinski definition) is 5. The monoisotopic (exact) mass is 424 g/mol. The summed E-state index contributed by atoms with van der Waals surface area (Å²) in [5.41, 5.74) is 3.72. The summed E-state index contributed by atoms with van der Waals surface area (Å²) >= 11 is 7.23. The van der Waals surface area contributed by atoms with Gasteiger partial charge < -0.3 is 4.74 Å². The Hall–Kier alpha value is -3.09. The maximum atomic E-state index is 12.0. The lowest BCUT2D eigenvalue weighted by Gasteiger charge is -2.04. The Morgan fingerprint density at radius 2 is 1.66 bits per heavy atom. The lowest BCUT2D eigenvalue weighted by Crippen LogP contribution is -2.19. The molecule has 0 spiro atoms. The largest absolute Gasteiger partial charge is 0.423 e. The molecule has 3 rings (SSSR count). The Morgan fingerprint density at radius 3 is 2.34 bits per heavy atom. The highest BCUT2D eigenvalue weighted by molar-refractivity contribution is 8.00. The van der Waals surface area contributed by atoms with Gasteiger partial charge in [-0.05, 0) is 66.2 Å². The van der Waals surface area contributed by atoms with Crippen molar-refractivity contribution in [2.45, 2.75) is 4.90 Å². The van der Waals surface area contributed by atoms with Gasteiger partial charge in [0.15, 0.2) is 0 Å². The number of benzene rings is 3. The molecule has 0 saturated heterocycles. The molecule has 0 atom stereocenters. The zero-order valence-corrected chi connectivity index (χ0v) is 16.8. The van der Waals surface area contributed by atoms with Crippen LogP contribution in [0.1, 0.15) is 15.9 Å². The third kappa shape index (κ3) is 6.78. The number of esters is 1. The number of hydrogen-bond donors (Lipinski definition) is 1. The second-order valence-corrected chi connectivity index (χ2v) is 7.35. The molecule has 0 aliphatic heterocycles. The van der Waals surface area contributed by atoms with E-state index in [1.54, 1.807) is 60.7 Å². The van der Waals surface area contributed by atoms with Crippen LogP contribution in [0.25, 0.3) is 0 Å². The van der Waals surface area contributed by atoms with Crippen LogP contribution < -0.4 is 10.2 Å². The van der Waals surface area contributed by atoms with E-state index in [1.807, 2.05) is 18.2 Å². The molecule has 0 aliphatic rings. The van der Waals surface area contributed by atoms with Crippen LogP contribution in [0.4, 0.5) is 0 Å². The second-order valence-electron chi connectivity index (χ2n) is 5.86. The van der Waals surface area contributed by atoms with E-state index in [0.29, 0.717) is 16.3 Å². The molecular formula is C22H17ClN2O3S. The Morgan fingerprint density at radius 1 is 0.966 bits per heavy atom. The molecule has 0 saturated carbocycles. The Kier molecular flexibility index (Phi) is 7.44. The fourth-order valence-electron chi connectivity index (χ4n) is 2.25. The molecule has 0 unspecified atom stereocenters. The van der Waals surface area contributed by atoms with Crippen LogP contribution in [-0.2, 0) is 4.79 Å². The number of rotatable bonds is 7. The summed E-state index contributed by atoms with van der Waals surface area (Å²) in [6, 6.07) is 22.9. The molecule has 29 heavy (non-hydrogen) atoms. The molecule has 3 aromatic rings. The maximum Gasteiger partial charge on any atom is 0.343 e. The molecule has 0 fully saturated rings. The minimum atomic E-state index is -0.419. The first-order valence-electron chi connectivity index (χ1n) is 8.68. The predicted octanol–water partition coefficient (Wildman–Crippen LogP) is 4.80. The van der Waals surface area contributed by atoms with E-state index in [-0.39, 0.29) is 11.7 Å². The van der Waals surface area contributed by atoms with E-state index >= 15 is 0 Å². The highest BCUT2D eigenvalue weighted by Crippen LogP contribution is 2.20. The normalized spacial score (nSPS) is 10.7. The van der Waals surface area contributed by atoms with Crippen molar-refractivity contribution in [2.75, 3.05) is 5.75 Å². The average molecular weight is 425 g/mol. The van der Waals surface area contributed by atoms with Gasteiger partial charge in [0.2, 0.25) is 5.91 Å². The van der Waals surface area contributed by atoms with Crippen molar-refractivity contribution in [3.05, 3.63) is 95.0 Å². The molecule has 1 amide bonds. The van der Waals surface area contributed by atoms with E-state index in [4.69, 9.17) is 16.3 Å². The Bertz CT molecular complexity index is 991. The lowest BCUT2D eigenvalue weighted by atomic mass is 10.2. The van der Waals surface area contributed by atoms with Gasteiger partial charge in [0, 0.05) is 9.92 Å². The van der Waals surface area contributed by atoms with Gasteiger partial charge in [-0.1, -0.05) is 29.8 Å². The SMILES string of the molecule is O=C(CSc1ccc(Cl)cc1)N/N=C\c1ccc(OC(=O)c2ccccc2)cc1. The fraction of sp³-hybridized carbons (Fsp3) is 0.0455. The maximum absolute atomic E-state index is 12.0. The molecule has 0 bridgehead atoms. The summed E-state index contributed by atoms with van der Waals surface area (Å²) in [4.78, 5) is 24.8. The van der Waals surface area contributed by atoms with Crippen molar-refractivity contribution in [2.24, 2.45) is 5.10 Å². The summed E-state index contributed by atoms with van der Waals surface area (Å²) in [6.45, 7) is 0. The fourth-order valence-corrected chi connectivity index (χ4v) is 3.07. The zero-order chi connectivity index (χ0) is 20.5. The van der Waals surface area contributed by atoms with Gasteiger partial charge in [-0.15, -0.1) is 11.8 Å². The van der Waals surface area contributed by atoms with Gasteiger partial charge in [-0.3, -0.25) is 4.79 Å². The molecular weight excluding hydrogens is 408 g/mol. The van der Waals surface area contributed by atoms with E-state index in [9.17, 15) is 9.59 Å². The predicted molar refractivity (Wildman–Crippen MR) is 116 cm³/mol. The number of halogens is 1. The number of hydrazone groups is 1. The zero-order valence-electron chi connectivity index (χ0n) is 15.2. The number of nitrogens with zero attached hydrogens (tertiary/aromatic N) is 1. The van der Waals surface area contributed by atoms with E-state index in [0.717, 1.165) is 10.5 Å². The summed E-state index contributed by atoms with van der Waals surface area (Å²) < 4.78 is 5.32. The smallest absolute Gasteiger partial charge is 0.343 e. The number of ether oxygens (including phenoxy) is 1. The standard InChI is InChI=1S/C22H17ClN2O3S/c23-18-8-12-20(13-9-18)29-15-21(26)25-24-14-16-6-10-19(11-7-16)28-22(27)17-4-2-1-3-5-17/h1-14H,15H2,(H,25,26)/b24-14-. The molecule has 0 radical (unpaired) electrons. The van der Waals surface area contributed by atoms with Crippen LogP contribution in [0, 0.1) is 0 Å². The van der Waals surface area contributed by atoms with Gasteiger partial charge >= 0.3 is 5.97 Å². The topological polar surface area (TPSA) is 67.8 Å². The Balaban J connectivity index is 1.45. The van der Waals surface area contributed by atoms with Crippen molar-refractivity contribution in [1.82, 2.24) is 5.43 Å². The van der Waals surface area contributed by atoms with Crippen molar-refractivity contribution in [3.8, 4) is 5.75 Å². The lowest BCUT2D eigenvalue weighted by molar-refractivity contribution is -0.118. The molecule has 7 heteroatoms. The first-order valence-corrected chi connectivity index (χ1v) is 10.0. The average Bonchev–Trinajstić information content (AvgIpc) is 2.75. The summed E-state index contributed by atoms with van der Waals surface area (Å²) in [5, 5.41) is 4.60. The second kappa shape index (κ2) is 10.5. The van der Waals surface area contributed by atoms with Crippen molar-refractivity contribution >= 4 is 41.5 Å². The van der Waals surface area contributed by atoms with Crippen LogP contribution in [-0.4, -0.2) is 23.8 Å². The number of carbonyl (C=O) groups excluding carboxylic acids is 2. The van der Waals surface area contributed by atoms with Crippen molar-refractivity contribution < 1.29 is 14.3 Å². The van der Waals surface area contributed by atoms with Crippen LogP contribution in [0.15, 0.2) is 88.9 Å². The molecule has 0 aliphatic carbocycles. The minimum absolute atomic E-state index is 0.213. The molecule has 0 heterocycles. The number of thioether (sulfide) groups is 1. The Labute approximate surface area is 177 Å². The van der Waals surface area contributed by atoms with Crippen molar-refractivity contribution in [3.63, 3.8) is 0 Å². The van der Waals surface area contributed by atoms with E-state index in [2.05, 4.69) is 10.5 Å². The van der Waals surface area contributed by atoms with E-state index < -0.39 is 5.97 Å². The van der Waals surface area contributed by atoms with Gasteiger partial charge in [0.1, 0.15) is 5.75 Å². The summed E-state index contributed by atoms with van der Waals surface area (Å²) in [7, 11) is 0. The molecule has 0 aromatic heterocycles. The summed E-state index contributed by atoms with van der Waals surface area (Å²) in [6.07, 6.45) is 1.52. The molecule has 1 N–H and O–H groups in total. The number of nitrogens with one attached hydrogen (secondary N) is 1. The highest BCUT2D eigenvalue weighted by atomic mass is 35.5. The van der Waals surface area contributed by atoms with E-state index in [1.165, 1.54) is 18.0 Å². The van der Waals surface area contributed by atoms with Crippen LogP contribution in [0.5, 0.6) is 5.75 Å². The van der Waals surface area contributed by atoms with Crippen LogP contribution in [0.3, 0.4) is 0 Å².